The molecule has 5 nitrogen and oxygen atoms in total. The number of carbonyl (C=O) groups is 2. The Morgan fingerprint density at radius 1 is 1.26 bits per heavy atom. The van der Waals surface area contributed by atoms with E-state index in [9.17, 15) is 14.7 Å². The highest BCUT2D eigenvalue weighted by molar-refractivity contribution is 5.78. The molecule has 0 unspecified atom stereocenters. The number of nitrogens with zero attached hydrogens (tertiary/aromatic N) is 1. The van der Waals surface area contributed by atoms with E-state index in [2.05, 4.69) is 12.2 Å². The number of carboxylic acid groups (broad SMARTS) is 1. The van der Waals surface area contributed by atoms with E-state index in [1.165, 1.54) is 0 Å². The molecule has 1 rings (SSSR count). The fourth-order valence-electron chi connectivity index (χ4n) is 2.63. The summed E-state index contributed by atoms with van der Waals surface area (Å²) in [5, 5.41) is 12.2. The molecule has 2 amide bonds. The van der Waals surface area contributed by atoms with Gasteiger partial charge in [0.2, 0.25) is 0 Å². The van der Waals surface area contributed by atoms with Crippen LogP contribution < -0.4 is 5.32 Å². The second kappa shape index (κ2) is 7.36. The Morgan fingerprint density at radius 3 is 2.37 bits per heavy atom. The third-order valence-electron chi connectivity index (χ3n) is 4.04. The van der Waals surface area contributed by atoms with E-state index in [4.69, 9.17) is 0 Å². The van der Waals surface area contributed by atoms with Crippen LogP contribution in [-0.2, 0) is 4.79 Å². The van der Waals surface area contributed by atoms with Gasteiger partial charge in [0, 0.05) is 19.6 Å². The zero-order chi connectivity index (χ0) is 14.3. The van der Waals surface area contributed by atoms with Gasteiger partial charge in [-0.2, -0.15) is 0 Å². The summed E-state index contributed by atoms with van der Waals surface area (Å²) < 4.78 is 0. The average Bonchev–Trinajstić information content (AvgIpc) is 2.87. The maximum absolute atomic E-state index is 12.0. The van der Waals surface area contributed by atoms with Gasteiger partial charge in [-0.05, 0) is 26.2 Å². The van der Waals surface area contributed by atoms with E-state index in [0.29, 0.717) is 19.4 Å². The number of urea groups is 1. The molecule has 0 aromatic carbocycles. The smallest absolute Gasteiger partial charge is 0.317 e. The highest BCUT2D eigenvalue weighted by atomic mass is 16.4. The van der Waals surface area contributed by atoms with E-state index in [-0.39, 0.29) is 12.6 Å². The molecule has 1 aliphatic rings. The molecule has 0 aliphatic heterocycles. The SMILES string of the molecule is CCCCN(CC)C(=O)NCC1(C(=O)O)CCCC1. The van der Waals surface area contributed by atoms with Gasteiger partial charge in [0.1, 0.15) is 0 Å². The molecule has 110 valence electrons. The monoisotopic (exact) mass is 270 g/mol. The Morgan fingerprint density at radius 2 is 1.89 bits per heavy atom. The number of rotatable bonds is 7. The second-order valence-electron chi connectivity index (χ2n) is 5.38. The Labute approximate surface area is 115 Å². The molecule has 0 spiro atoms. The number of carboxylic acids is 1. The summed E-state index contributed by atoms with van der Waals surface area (Å²) in [4.78, 5) is 25.2. The van der Waals surface area contributed by atoms with Gasteiger partial charge in [0.25, 0.3) is 0 Å². The third kappa shape index (κ3) is 4.11. The number of unbranched alkanes of at least 4 members (excludes halogenated alkanes) is 1. The number of hydrogen-bond acceptors (Lipinski definition) is 2. The summed E-state index contributed by atoms with van der Waals surface area (Å²) in [6.45, 7) is 5.68. The molecular formula is C14H26N2O3. The predicted octanol–water partition coefficient (Wildman–Crippen LogP) is 2.46. The predicted molar refractivity (Wildman–Crippen MR) is 74.1 cm³/mol. The first-order chi connectivity index (χ1) is 9.05. The van der Waals surface area contributed by atoms with Crippen molar-refractivity contribution in [3.05, 3.63) is 0 Å². The van der Waals surface area contributed by atoms with Crippen LogP contribution in [0.5, 0.6) is 0 Å². The molecule has 1 aliphatic carbocycles. The molecular weight excluding hydrogens is 244 g/mol. The minimum Gasteiger partial charge on any atom is -0.481 e. The van der Waals surface area contributed by atoms with Gasteiger partial charge in [-0.25, -0.2) is 4.79 Å². The lowest BCUT2D eigenvalue weighted by Gasteiger charge is -2.27. The lowest BCUT2D eigenvalue weighted by atomic mass is 9.86. The quantitative estimate of drug-likeness (QED) is 0.746. The summed E-state index contributed by atoms with van der Waals surface area (Å²) in [5.74, 6) is -0.776. The first kappa shape index (κ1) is 15.8. The van der Waals surface area contributed by atoms with Crippen molar-refractivity contribution in [3.63, 3.8) is 0 Å². The highest BCUT2D eigenvalue weighted by Gasteiger charge is 2.41. The van der Waals surface area contributed by atoms with Crippen LogP contribution in [0.15, 0.2) is 0 Å². The minimum absolute atomic E-state index is 0.136. The minimum atomic E-state index is -0.776. The maximum Gasteiger partial charge on any atom is 0.317 e. The highest BCUT2D eigenvalue weighted by Crippen LogP contribution is 2.37. The van der Waals surface area contributed by atoms with Gasteiger partial charge < -0.3 is 15.3 Å². The normalized spacial score (nSPS) is 17.2. The average molecular weight is 270 g/mol. The molecule has 0 aromatic heterocycles. The second-order valence-corrected chi connectivity index (χ2v) is 5.38. The standard InChI is InChI=1S/C14H26N2O3/c1-3-5-10-16(4-2)13(19)15-11-14(12(17)18)8-6-7-9-14/h3-11H2,1-2H3,(H,15,19)(H,17,18). The molecule has 5 heteroatoms. The topological polar surface area (TPSA) is 69.6 Å². The lowest BCUT2D eigenvalue weighted by molar-refractivity contribution is -0.148. The molecule has 1 fully saturated rings. The van der Waals surface area contributed by atoms with Gasteiger partial charge in [-0.3, -0.25) is 4.79 Å². The Bertz CT molecular complexity index is 312. The van der Waals surface area contributed by atoms with Crippen molar-refractivity contribution in [1.82, 2.24) is 10.2 Å². The van der Waals surface area contributed by atoms with Gasteiger partial charge in [0.15, 0.2) is 0 Å². The van der Waals surface area contributed by atoms with Gasteiger partial charge in [-0.1, -0.05) is 26.2 Å². The van der Waals surface area contributed by atoms with Crippen LogP contribution in [0.3, 0.4) is 0 Å². The van der Waals surface area contributed by atoms with Gasteiger partial charge >= 0.3 is 12.0 Å². The van der Waals surface area contributed by atoms with E-state index >= 15 is 0 Å². The number of nitrogens with one attached hydrogen (secondary N) is 1. The van der Waals surface area contributed by atoms with Crippen molar-refractivity contribution < 1.29 is 14.7 Å². The molecule has 0 aromatic rings. The molecule has 1 saturated carbocycles. The molecule has 0 radical (unpaired) electrons. The Hall–Kier alpha value is -1.26. The summed E-state index contributed by atoms with van der Waals surface area (Å²) in [6, 6.07) is -0.136. The zero-order valence-corrected chi connectivity index (χ0v) is 12.1. The van der Waals surface area contributed by atoms with Crippen LogP contribution in [0, 0.1) is 5.41 Å². The van der Waals surface area contributed by atoms with Gasteiger partial charge in [0.05, 0.1) is 5.41 Å². The Kier molecular flexibility index (Phi) is 6.12. The Balaban J connectivity index is 2.49. The van der Waals surface area contributed by atoms with Crippen LogP contribution in [0.2, 0.25) is 0 Å². The van der Waals surface area contributed by atoms with Crippen molar-refractivity contribution in [3.8, 4) is 0 Å². The van der Waals surface area contributed by atoms with Crippen molar-refractivity contribution in [1.29, 1.82) is 0 Å². The van der Waals surface area contributed by atoms with E-state index in [1.54, 1.807) is 4.90 Å². The van der Waals surface area contributed by atoms with Gasteiger partial charge in [-0.15, -0.1) is 0 Å². The largest absolute Gasteiger partial charge is 0.481 e. The summed E-state index contributed by atoms with van der Waals surface area (Å²) in [5.41, 5.74) is -0.736. The molecule has 19 heavy (non-hydrogen) atoms. The van der Waals surface area contributed by atoms with Crippen LogP contribution >= 0.6 is 0 Å². The number of hydrogen-bond donors (Lipinski definition) is 2. The zero-order valence-electron chi connectivity index (χ0n) is 12.1. The fourth-order valence-corrected chi connectivity index (χ4v) is 2.63. The van der Waals surface area contributed by atoms with E-state index in [0.717, 1.165) is 32.2 Å². The molecule has 0 bridgehead atoms. The first-order valence-corrected chi connectivity index (χ1v) is 7.32. The van der Waals surface area contributed by atoms with Crippen LogP contribution in [-0.4, -0.2) is 41.6 Å². The summed E-state index contributed by atoms with van der Waals surface area (Å²) >= 11 is 0. The number of carbonyl (C=O) groups excluding carboxylic acids is 1. The van der Waals surface area contributed by atoms with E-state index < -0.39 is 11.4 Å². The molecule has 0 heterocycles. The molecule has 0 atom stereocenters. The van der Waals surface area contributed by atoms with Crippen molar-refractivity contribution in [2.45, 2.75) is 52.4 Å². The van der Waals surface area contributed by atoms with Crippen LogP contribution in [0.4, 0.5) is 4.79 Å². The van der Waals surface area contributed by atoms with Crippen molar-refractivity contribution in [2.24, 2.45) is 5.41 Å². The fraction of sp³-hybridized carbons (Fsp3) is 0.857. The van der Waals surface area contributed by atoms with Crippen LogP contribution in [0.25, 0.3) is 0 Å². The lowest BCUT2D eigenvalue weighted by Crippen LogP contribution is -2.47. The molecule has 0 saturated heterocycles. The van der Waals surface area contributed by atoms with Crippen LogP contribution in [0.1, 0.15) is 52.4 Å². The summed E-state index contributed by atoms with van der Waals surface area (Å²) in [6.07, 6.45) is 5.24. The van der Waals surface area contributed by atoms with Crippen molar-refractivity contribution >= 4 is 12.0 Å². The third-order valence-corrected chi connectivity index (χ3v) is 4.04. The maximum atomic E-state index is 12.0. The van der Waals surface area contributed by atoms with E-state index in [1.807, 2.05) is 6.92 Å². The first-order valence-electron chi connectivity index (χ1n) is 7.32. The van der Waals surface area contributed by atoms with Crippen molar-refractivity contribution in [2.75, 3.05) is 19.6 Å². The molecule has 2 N–H and O–H groups in total. The number of amides is 2. The number of aliphatic carboxylic acids is 1. The summed E-state index contributed by atoms with van der Waals surface area (Å²) in [7, 11) is 0.